The molecule has 1 amide bonds. The van der Waals surface area contributed by atoms with Crippen LogP contribution in [0.15, 0.2) is 18.5 Å². The van der Waals surface area contributed by atoms with Crippen LogP contribution < -0.4 is 9.39 Å². The molecule has 1 saturated heterocycles. The van der Waals surface area contributed by atoms with Gasteiger partial charge in [0.15, 0.2) is 0 Å². The second kappa shape index (κ2) is 6.91. The van der Waals surface area contributed by atoms with Crippen molar-refractivity contribution in [3.8, 4) is 11.5 Å². The highest BCUT2D eigenvalue weighted by molar-refractivity contribution is 6.44. The Hall–Kier alpha value is -3.08. The fourth-order valence-electron chi connectivity index (χ4n) is 3.18. The van der Waals surface area contributed by atoms with Crippen molar-refractivity contribution < 1.29 is 29.1 Å². The Morgan fingerprint density at radius 2 is 2.22 bits per heavy atom. The standard InChI is InChI=1S/C16H17BN4O6/c22-13(5-12-18-8-19-20-12)21-6-10(7-21)26-11-2-1-9-3-4-17(25)27-15(9)14(11)16(23)24/h1-2,8,10,25H,3-7H2,(H,23,24)(H,18,19,20). The van der Waals surface area contributed by atoms with Gasteiger partial charge in [0.05, 0.1) is 19.5 Å². The van der Waals surface area contributed by atoms with Gasteiger partial charge in [-0.1, -0.05) is 6.07 Å². The lowest BCUT2D eigenvalue weighted by molar-refractivity contribution is -0.139. The maximum atomic E-state index is 12.1. The van der Waals surface area contributed by atoms with E-state index in [4.69, 9.17) is 9.39 Å². The fourth-order valence-corrected chi connectivity index (χ4v) is 3.18. The molecule has 10 nitrogen and oxygen atoms in total. The molecule has 4 rings (SSSR count). The number of rotatable bonds is 5. The number of carboxylic acids is 1. The Kier molecular flexibility index (Phi) is 4.44. The van der Waals surface area contributed by atoms with Crippen molar-refractivity contribution in [2.45, 2.75) is 25.3 Å². The topological polar surface area (TPSA) is 138 Å². The highest BCUT2D eigenvalue weighted by Gasteiger charge is 2.35. The number of carboxylic acid groups (broad SMARTS) is 1. The van der Waals surface area contributed by atoms with Gasteiger partial charge >= 0.3 is 13.1 Å². The van der Waals surface area contributed by atoms with E-state index in [1.54, 1.807) is 17.0 Å². The average Bonchev–Trinajstić information content (AvgIpc) is 3.09. The second-order valence-corrected chi connectivity index (χ2v) is 6.49. The Bertz CT molecular complexity index is 868. The van der Waals surface area contributed by atoms with E-state index in [1.165, 1.54) is 6.33 Å². The number of ether oxygens (including phenoxy) is 1. The number of carbonyl (C=O) groups is 2. The number of hydrogen-bond acceptors (Lipinski definition) is 7. The van der Waals surface area contributed by atoms with Gasteiger partial charge in [-0.25, -0.2) is 9.78 Å². The van der Waals surface area contributed by atoms with Gasteiger partial charge in [0.25, 0.3) is 0 Å². The molecular formula is C16H17BN4O6. The zero-order chi connectivity index (χ0) is 19.0. The van der Waals surface area contributed by atoms with E-state index in [2.05, 4.69) is 15.2 Å². The van der Waals surface area contributed by atoms with Crippen LogP contribution >= 0.6 is 0 Å². The average molecular weight is 372 g/mol. The van der Waals surface area contributed by atoms with Gasteiger partial charge < -0.3 is 24.4 Å². The summed E-state index contributed by atoms with van der Waals surface area (Å²) in [6.45, 7) is 0.708. The number of nitrogens with one attached hydrogen (secondary N) is 1. The van der Waals surface area contributed by atoms with Gasteiger partial charge in [0, 0.05) is 0 Å². The summed E-state index contributed by atoms with van der Waals surface area (Å²) in [5.41, 5.74) is 0.625. The molecule has 2 aromatic rings. The normalized spacial score (nSPS) is 16.3. The van der Waals surface area contributed by atoms with Crippen molar-refractivity contribution in [1.29, 1.82) is 0 Å². The summed E-state index contributed by atoms with van der Waals surface area (Å²) in [6, 6.07) is 3.34. The quantitative estimate of drug-likeness (QED) is 0.611. The van der Waals surface area contributed by atoms with Crippen LogP contribution in [-0.2, 0) is 17.6 Å². The molecule has 11 heteroatoms. The van der Waals surface area contributed by atoms with Crippen LogP contribution in [0.1, 0.15) is 21.7 Å². The number of fused-ring (bicyclic) bond motifs is 1. The van der Waals surface area contributed by atoms with E-state index in [-0.39, 0.29) is 35.5 Å². The lowest BCUT2D eigenvalue weighted by Crippen LogP contribution is -2.56. The minimum Gasteiger partial charge on any atom is -0.535 e. The first-order chi connectivity index (χ1) is 13.0. The molecule has 0 saturated carbocycles. The van der Waals surface area contributed by atoms with E-state index in [9.17, 15) is 19.7 Å². The first-order valence-corrected chi connectivity index (χ1v) is 8.54. The molecule has 2 aliphatic rings. The Balaban J connectivity index is 1.43. The minimum atomic E-state index is -1.19. The summed E-state index contributed by atoms with van der Waals surface area (Å²) in [7, 11) is -1.03. The lowest BCUT2D eigenvalue weighted by Gasteiger charge is -2.39. The van der Waals surface area contributed by atoms with Gasteiger partial charge in [0.1, 0.15) is 35.3 Å². The van der Waals surface area contributed by atoms with Crippen LogP contribution in [0.3, 0.4) is 0 Å². The molecule has 3 heterocycles. The zero-order valence-corrected chi connectivity index (χ0v) is 14.3. The summed E-state index contributed by atoms with van der Waals surface area (Å²) in [4.78, 5) is 29.4. The van der Waals surface area contributed by atoms with E-state index in [1.807, 2.05) is 0 Å². The third-order valence-electron chi connectivity index (χ3n) is 4.61. The summed E-state index contributed by atoms with van der Waals surface area (Å²) in [5, 5.41) is 25.6. The predicted octanol–water partition coefficient (Wildman–Crippen LogP) is -0.249. The number of benzene rings is 1. The predicted molar refractivity (Wildman–Crippen MR) is 91.6 cm³/mol. The van der Waals surface area contributed by atoms with Crippen LogP contribution in [0.2, 0.25) is 6.32 Å². The van der Waals surface area contributed by atoms with Crippen molar-refractivity contribution >= 4 is 19.0 Å². The molecule has 1 aromatic carbocycles. The molecule has 3 N–H and O–H groups in total. The van der Waals surface area contributed by atoms with Crippen molar-refractivity contribution in [3.63, 3.8) is 0 Å². The van der Waals surface area contributed by atoms with Gasteiger partial charge in [-0.3, -0.25) is 9.89 Å². The fraction of sp³-hybridized carbons (Fsp3) is 0.375. The molecule has 1 fully saturated rings. The molecule has 2 aliphatic heterocycles. The van der Waals surface area contributed by atoms with Crippen molar-refractivity contribution in [2.24, 2.45) is 0 Å². The molecule has 140 valence electrons. The highest BCUT2D eigenvalue weighted by Crippen LogP contribution is 2.37. The van der Waals surface area contributed by atoms with Crippen LogP contribution in [0.5, 0.6) is 11.5 Å². The van der Waals surface area contributed by atoms with Crippen molar-refractivity contribution in [2.75, 3.05) is 13.1 Å². The third kappa shape index (κ3) is 3.45. The van der Waals surface area contributed by atoms with Crippen LogP contribution in [0.4, 0.5) is 0 Å². The zero-order valence-electron chi connectivity index (χ0n) is 14.3. The van der Waals surface area contributed by atoms with E-state index in [0.29, 0.717) is 31.7 Å². The van der Waals surface area contributed by atoms with Crippen molar-refractivity contribution in [1.82, 2.24) is 20.1 Å². The molecule has 0 atom stereocenters. The molecule has 0 unspecified atom stereocenters. The summed E-state index contributed by atoms with van der Waals surface area (Å²) in [5.74, 6) is -0.489. The molecule has 0 bridgehead atoms. The largest absolute Gasteiger partial charge is 0.535 e. The minimum absolute atomic E-state index is 0.0994. The maximum Gasteiger partial charge on any atom is 0.522 e. The molecule has 0 spiro atoms. The number of H-pyrrole nitrogens is 1. The number of nitrogens with zero attached hydrogens (tertiary/aromatic N) is 3. The molecule has 1 aromatic heterocycles. The Labute approximate surface area is 154 Å². The van der Waals surface area contributed by atoms with E-state index >= 15 is 0 Å². The SMILES string of the molecule is O=C(O)c1c(OC2CN(C(=O)Cc3ncn[nH]3)C2)ccc2c1OB(O)CC2. The van der Waals surface area contributed by atoms with Crippen LogP contribution in [0, 0.1) is 0 Å². The molecule has 27 heavy (non-hydrogen) atoms. The number of carbonyl (C=O) groups excluding carboxylic acids is 1. The first kappa shape index (κ1) is 17.3. The number of aromatic nitrogens is 3. The monoisotopic (exact) mass is 372 g/mol. The lowest BCUT2D eigenvalue weighted by atomic mass is 9.78. The molecule has 0 radical (unpaired) electrons. The van der Waals surface area contributed by atoms with E-state index < -0.39 is 13.1 Å². The summed E-state index contributed by atoms with van der Waals surface area (Å²) >= 11 is 0. The number of aryl methyl sites for hydroxylation is 1. The third-order valence-corrected chi connectivity index (χ3v) is 4.61. The van der Waals surface area contributed by atoms with Gasteiger partial charge in [-0.2, -0.15) is 5.10 Å². The number of aromatic carboxylic acids is 1. The number of likely N-dealkylation sites (tertiary alicyclic amines) is 1. The first-order valence-electron chi connectivity index (χ1n) is 8.54. The number of hydrogen-bond donors (Lipinski definition) is 3. The smallest absolute Gasteiger partial charge is 0.522 e. The molecular weight excluding hydrogens is 355 g/mol. The van der Waals surface area contributed by atoms with Crippen molar-refractivity contribution in [3.05, 3.63) is 35.4 Å². The van der Waals surface area contributed by atoms with Gasteiger partial charge in [-0.15, -0.1) is 0 Å². The number of aromatic amines is 1. The molecule has 0 aliphatic carbocycles. The van der Waals surface area contributed by atoms with Gasteiger partial charge in [0.2, 0.25) is 5.91 Å². The Morgan fingerprint density at radius 1 is 1.41 bits per heavy atom. The van der Waals surface area contributed by atoms with Crippen LogP contribution in [0.25, 0.3) is 0 Å². The van der Waals surface area contributed by atoms with Crippen LogP contribution in [-0.4, -0.2) is 68.4 Å². The highest BCUT2D eigenvalue weighted by atomic mass is 16.5. The summed E-state index contributed by atoms with van der Waals surface area (Å²) < 4.78 is 11.1. The van der Waals surface area contributed by atoms with Gasteiger partial charge in [-0.05, 0) is 24.4 Å². The Morgan fingerprint density at radius 3 is 2.93 bits per heavy atom. The second-order valence-electron chi connectivity index (χ2n) is 6.49. The number of amides is 1. The van der Waals surface area contributed by atoms with E-state index in [0.717, 1.165) is 5.56 Å². The summed E-state index contributed by atoms with van der Waals surface area (Å²) in [6.07, 6.45) is 2.10. The maximum absolute atomic E-state index is 12.1.